The third-order valence-electron chi connectivity index (χ3n) is 2.86. The molecule has 0 bridgehead atoms. The highest BCUT2D eigenvalue weighted by atomic mass is 35.5. The molecular weight excluding hydrogens is 286 g/mol. The van der Waals surface area contributed by atoms with Crippen LogP contribution in [0.1, 0.15) is 22.5 Å². The zero-order chi connectivity index (χ0) is 12.8. The van der Waals surface area contributed by atoms with Crippen molar-refractivity contribution in [3.05, 3.63) is 22.4 Å². The van der Waals surface area contributed by atoms with E-state index in [0.29, 0.717) is 17.5 Å². The Balaban J connectivity index is 0.00000180. The summed E-state index contributed by atoms with van der Waals surface area (Å²) in [6.45, 7) is 1.69. The number of carbonyl (C=O) groups excluding carboxylic acids is 2. The van der Waals surface area contributed by atoms with E-state index in [1.54, 1.807) is 6.07 Å². The van der Waals surface area contributed by atoms with E-state index in [4.69, 9.17) is 0 Å². The fourth-order valence-electron chi connectivity index (χ4n) is 1.89. The van der Waals surface area contributed by atoms with Gasteiger partial charge < -0.3 is 16.0 Å². The maximum absolute atomic E-state index is 11.6. The highest BCUT2D eigenvalue weighted by Crippen LogP contribution is 2.07. The zero-order valence-corrected chi connectivity index (χ0v) is 12.1. The van der Waals surface area contributed by atoms with Crippen molar-refractivity contribution in [1.29, 1.82) is 0 Å². The second kappa shape index (κ2) is 8.14. The van der Waals surface area contributed by atoms with E-state index in [1.807, 2.05) is 11.4 Å². The highest BCUT2D eigenvalue weighted by Gasteiger charge is 2.15. The Kier molecular flexibility index (Phi) is 6.83. The number of amides is 2. The minimum Gasteiger partial charge on any atom is -0.353 e. The number of hydrogen-bond acceptors (Lipinski definition) is 4. The number of thiophene rings is 1. The minimum absolute atomic E-state index is 0. The summed E-state index contributed by atoms with van der Waals surface area (Å²) >= 11 is 1.36. The topological polar surface area (TPSA) is 70.2 Å². The Morgan fingerprint density at radius 1 is 1.42 bits per heavy atom. The first-order chi connectivity index (χ1) is 8.75. The lowest BCUT2D eigenvalue weighted by Gasteiger charge is -2.11. The predicted octanol–water partition coefficient (Wildman–Crippen LogP) is 0.768. The molecule has 0 radical (unpaired) electrons. The third-order valence-corrected chi connectivity index (χ3v) is 3.73. The molecule has 0 saturated carbocycles. The molecular formula is C12H18ClN3O2S. The summed E-state index contributed by atoms with van der Waals surface area (Å²) in [4.78, 5) is 23.7. The average Bonchev–Trinajstić information content (AvgIpc) is 3.05. The molecule has 1 aliphatic heterocycles. The van der Waals surface area contributed by atoms with Crippen LogP contribution in [0, 0.1) is 0 Å². The lowest BCUT2D eigenvalue weighted by molar-refractivity contribution is -0.120. The van der Waals surface area contributed by atoms with E-state index in [9.17, 15) is 9.59 Å². The largest absolute Gasteiger partial charge is 0.353 e. The molecule has 19 heavy (non-hydrogen) atoms. The molecule has 106 valence electrons. The van der Waals surface area contributed by atoms with E-state index in [0.717, 1.165) is 19.4 Å². The quantitative estimate of drug-likeness (QED) is 0.752. The van der Waals surface area contributed by atoms with Crippen LogP contribution in [0.2, 0.25) is 0 Å². The van der Waals surface area contributed by atoms with E-state index in [-0.39, 0.29) is 30.8 Å². The monoisotopic (exact) mass is 303 g/mol. The van der Waals surface area contributed by atoms with Crippen molar-refractivity contribution in [3.8, 4) is 0 Å². The molecule has 2 rings (SSSR count). The predicted molar refractivity (Wildman–Crippen MR) is 77.9 cm³/mol. The van der Waals surface area contributed by atoms with Crippen molar-refractivity contribution in [2.24, 2.45) is 0 Å². The standard InChI is InChI=1S/C12H17N3O2S.ClH/c16-11(14-7-9-3-1-5-13-9)8-15-12(17)10-4-2-6-18-10;/h2,4,6,9,13H,1,3,5,7-8H2,(H,14,16)(H,15,17);1H. The number of hydrogen-bond donors (Lipinski definition) is 3. The lowest BCUT2D eigenvalue weighted by atomic mass is 10.2. The first-order valence-corrected chi connectivity index (χ1v) is 6.95. The van der Waals surface area contributed by atoms with Crippen molar-refractivity contribution in [2.75, 3.05) is 19.6 Å². The molecule has 0 aliphatic carbocycles. The highest BCUT2D eigenvalue weighted by molar-refractivity contribution is 7.12. The van der Waals surface area contributed by atoms with Gasteiger partial charge >= 0.3 is 0 Å². The van der Waals surface area contributed by atoms with Crippen LogP contribution in [-0.4, -0.2) is 37.5 Å². The molecule has 1 fully saturated rings. The summed E-state index contributed by atoms with van der Waals surface area (Å²) < 4.78 is 0. The van der Waals surface area contributed by atoms with Gasteiger partial charge in [0.1, 0.15) is 0 Å². The molecule has 1 aliphatic rings. The fourth-order valence-corrected chi connectivity index (χ4v) is 2.53. The van der Waals surface area contributed by atoms with Gasteiger partial charge in [-0.15, -0.1) is 23.7 Å². The van der Waals surface area contributed by atoms with Gasteiger partial charge in [-0.05, 0) is 30.8 Å². The smallest absolute Gasteiger partial charge is 0.261 e. The third kappa shape index (κ3) is 5.18. The number of halogens is 1. The minimum atomic E-state index is -0.195. The Bertz CT molecular complexity index is 405. The van der Waals surface area contributed by atoms with Crippen LogP contribution in [0.25, 0.3) is 0 Å². The van der Waals surface area contributed by atoms with Gasteiger partial charge in [0.15, 0.2) is 0 Å². The fraction of sp³-hybridized carbons (Fsp3) is 0.500. The molecule has 5 nitrogen and oxygen atoms in total. The van der Waals surface area contributed by atoms with Crippen molar-refractivity contribution in [3.63, 3.8) is 0 Å². The maximum Gasteiger partial charge on any atom is 0.261 e. The number of rotatable bonds is 5. The summed E-state index contributed by atoms with van der Waals surface area (Å²) in [7, 11) is 0. The summed E-state index contributed by atoms with van der Waals surface area (Å²) in [5, 5.41) is 10.5. The Morgan fingerprint density at radius 2 is 2.26 bits per heavy atom. The van der Waals surface area contributed by atoms with Gasteiger partial charge in [0.25, 0.3) is 5.91 Å². The van der Waals surface area contributed by atoms with Crippen LogP contribution in [0.5, 0.6) is 0 Å². The van der Waals surface area contributed by atoms with Gasteiger partial charge in [-0.3, -0.25) is 9.59 Å². The average molecular weight is 304 g/mol. The van der Waals surface area contributed by atoms with E-state index < -0.39 is 0 Å². The number of carbonyl (C=O) groups is 2. The van der Waals surface area contributed by atoms with E-state index in [2.05, 4.69) is 16.0 Å². The van der Waals surface area contributed by atoms with Crippen molar-refractivity contribution in [1.82, 2.24) is 16.0 Å². The van der Waals surface area contributed by atoms with Crippen molar-refractivity contribution >= 4 is 35.6 Å². The summed E-state index contributed by atoms with van der Waals surface area (Å²) in [5.41, 5.74) is 0. The van der Waals surface area contributed by atoms with Crippen LogP contribution in [0.4, 0.5) is 0 Å². The van der Waals surface area contributed by atoms with Gasteiger partial charge in [-0.1, -0.05) is 6.07 Å². The van der Waals surface area contributed by atoms with E-state index >= 15 is 0 Å². The van der Waals surface area contributed by atoms with Crippen LogP contribution >= 0.6 is 23.7 Å². The maximum atomic E-state index is 11.6. The zero-order valence-electron chi connectivity index (χ0n) is 10.5. The second-order valence-electron chi connectivity index (χ2n) is 4.26. The summed E-state index contributed by atoms with van der Waals surface area (Å²) in [6, 6.07) is 3.92. The molecule has 3 N–H and O–H groups in total. The van der Waals surface area contributed by atoms with Crippen molar-refractivity contribution < 1.29 is 9.59 Å². The Morgan fingerprint density at radius 3 is 2.89 bits per heavy atom. The van der Waals surface area contributed by atoms with Crippen LogP contribution < -0.4 is 16.0 Å². The number of nitrogens with one attached hydrogen (secondary N) is 3. The Labute approximate surface area is 122 Å². The molecule has 2 amide bonds. The van der Waals surface area contributed by atoms with Crippen LogP contribution in [0.3, 0.4) is 0 Å². The molecule has 1 unspecified atom stereocenters. The molecule has 1 aromatic heterocycles. The Hall–Kier alpha value is -1.11. The van der Waals surface area contributed by atoms with Gasteiger partial charge in [-0.25, -0.2) is 0 Å². The van der Waals surface area contributed by atoms with Crippen molar-refractivity contribution in [2.45, 2.75) is 18.9 Å². The molecule has 7 heteroatoms. The SMILES string of the molecule is Cl.O=C(CNC(=O)c1cccs1)NCC1CCCN1. The molecule has 0 aromatic carbocycles. The summed E-state index contributed by atoms with van der Waals surface area (Å²) in [6.07, 6.45) is 2.26. The molecule has 1 aromatic rings. The van der Waals surface area contributed by atoms with Gasteiger partial charge in [0.2, 0.25) is 5.91 Å². The first-order valence-electron chi connectivity index (χ1n) is 6.07. The first kappa shape index (κ1) is 15.9. The molecule has 0 spiro atoms. The van der Waals surface area contributed by atoms with Crippen LogP contribution in [0.15, 0.2) is 17.5 Å². The molecule has 1 saturated heterocycles. The summed E-state index contributed by atoms with van der Waals surface area (Å²) in [5.74, 6) is -0.340. The lowest BCUT2D eigenvalue weighted by Crippen LogP contribution is -2.42. The normalized spacial score (nSPS) is 17.6. The van der Waals surface area contributed by atoms with Gasteiger partial charge in [0, 0.05) is 12.6 Å². The van der Waals surface area contributed by atoms with E-state index in [1.165, 1.54) is 11.3 Å². The van der Waals surface area contributed by atoms with Gasteiger partial charge in [-0.2, -0.15) is 0 Å². The van der Waals surface area contributed by atoms with Crippen LogP contribution in [-0.2, 0) is 4.79 Å². The molecule has 2 heterocycles. The second-order valence-corrected chi connectivity index (χ2v) is 5.21. The molecule has 1 atom stereocenters. The van der Waals surface area contributed by atoms with Gasteiger partial charge in [0.05, 0.1) is 11.4 Å².